The van der Waals surface area contributed by atoms with Crippen LogP contribution in [0.5, 0.6) is 0 Å². The number of nitrogen functional groups attached to an aromatic ring is 1. The molecule has 0 aromatic carbocycles. The summed E-state index contributed by atoms with van der Waals surface area (Å²) in [5.41, 5.74) is 12.7. The highest BCUT2D eigenvalue weighted by Crippen LogP contribution is 2.28. The largest absolute Gasteiger partial charge is 0.383 e. The second kappa shape index (κ2) is 4.99. The molecule has 16 heavy (non-hydrogen) atoms. The molecule has 0 saturated carbocycles. The first kappa shape index (κ1) is 11.6. The second-order valence-electron chi connectivity index (χ2n) is 4.20. The molecule has 0 aliphatic carbocycles. The number of rotatable bonds is 3. The molecule has 1 fully saturated rings. The van der Waals surface area contributed by atoms with Crippen LogP contribution in [0, 0.1) is 5.92 Å². The Hall–Kier alpha value is -0.840. The molecule has 0 spiro atoms. The Morgan fingerprint density at radius 1 is 1.62 bits per heavy atom. The number of aromatic nitrogens is 1. The van der Waals surface area contributed by atoms with Crippen LogP contribution in [0.1, 0.15) is 24.4 Å². The van der Waals surface area contributed by atoms with E-state index in [0.29, 0.717) is 16.8 Å². The average molecular weight is 242 g/mol. The molecule has 88 valence electrons. The fourth-order valence-electron chi connectivity index (χ4n) is 2.02. The molecule has 1 aromatic rings. The summed E-state index contributed by atoms with van der Waals surface area (Å²) in [6, 6.07) is 1.68. The highest BCUT2D eigenvalue weighted by atomic mass is 35.5. The third kappa shape index (κ3) is 2.64. The number of nitrogens with zero attached hydrogens (tertiary/aromatic N) is 1. The van der Waals surface area contributed by atoms with Crippen molar-refractivity contribution in [3.63, 3.8) is 0 Å². The van der Waals surface area contributed by atoms with Crippen LogP contribution < -0.4 is 11.5 Å². The summed E-state index contributed by atoms with van der Waals surface area (Å²) in [4.78, 5) is 4.01. The zero-order valence-electron chi connectivity index (χ0n) is 9.03. The molecular weight excluding hydrogens is 226 g/mol. The summed E-state index contributed by atoms with van der Waals surface area (Å²) in [5.74, 6) is 0.990. The van der Waals surface area contributed by atoms with Crippen molar-refractivity contribution in [2.24, 2.45) is 11.7 Å². The normalized spacial score (nSPS) is 22.2. The Bertz CT molecular complexity index is 366. The maximum Gasteiger partial charge on any atom is 0.128 e. The van der Waals surface area contributed by atoms with E-state index in [4.69, 9.17) is 27.8 Å². The van der Waals surface area contributed by atoms with Crippen LogP contribution in [0.4, 0.5) is 5.82 Å². The summed E-state index contributed by atoms with van der Waals surface area (Å²) in [7, 11) is 0. The topological polar surface area (TPSA) is 74.2 Å². The van der Waals surface area contributed by atoms with Gasteiger partial charge >= 0.3 is 0 Å². The van der Waals surface area contributed by atoms with E-state index in [0.717, 1.165) is 31.6 Å². The summed E-state index contributed by atoms with van der Waals surface area (Å²) in [6.45, 7) is 1.63. The Balaban J connectivity index is 2.07. The highest BCUT2D eigenvalue weighted by molar-refractivity contribution is 6.30. The van der Waals surface area contributed by atoms with Crippen LogP contribution in [0.25, 0.3) is 0 Å². The molecule has 5 heteroatoms. The third-order valence-electron chi connectivity index (χ3n) is 2.93. The molecule has 1 aliphatic rings. The van der Waals surface area contributed by atoms with Crippen LogP contribution in [0.15, 0.2) is 12.3 Å². The molecule has 0 radical (unpaired) electrons. The van der Waals surface area contributed by atoms with E-state index in [9.17, 15) is 0 Å². The van der Waals surface area contributed by atoms with Gasteiger partial charge in [-0.3, -0.25) is 0 Å². The van der Waals surface area contributed by atoms with Crippen molar-refractivity contribution in [2.45, 2.75) is 18.9 Å². The Kier molecular flexibility index (Phi) is 3.63. The van der Waals surface area contributed by atoms with Gasteiger partial charge in [0.15, 0.2) is 0 Å². The van der Waals surface area contributed by atoms with Crippen molar-refractivity contribution in [1.82, 2.24) is 4.98 Å². The number of anilines is 1. The number of pyridine rings is 1. The fraction of sp³-hybridized carbons (Fsp3) is 0.545. The van der Waals surface area contributed by atoms with Gasteiger partial charge in [0.05, 0.1) is 5.02 Å². The van der Waals surface area contributed by atoms with Gasteiger partial charge in [-0.2, -0.15) is 0 Å². The monoisotopic (exact) mass is 241 g/mol. The number of nitrogens with two attached hydrogens (primary N) is 2. The van der Waals surface area contributed by atoms with Crippen LogP contribution in [0.3, 0.4) is 0 Å². The van der Waals surface area contributed by atoms with E-state index in [-0.39, 0.29) is 6.04 Å². The van der Waals surface area contributed by atoms with Gasteiger partial charge in [-0.25, -0.2) is 4.98 Å². The maximum absolute atomic E-state index is 6.11. The first-order valence-corrected chi connectivity index (χ1v) is 5.79. The van der Waals surface area contributed by atoms with E-state index in [1.807, 2.05) is 0 Å². The molecule has 1 aliphatic heterocycles. The standard InChI is InChI=1S/C11H16ClN3O/c12-8-4-9(11(14)15-5-8)10(13)3-7-1-2-16-6-7/h4-5,7,10H,1-3,6,13H2,(H2,14,15). The van der Waals surface area contributed by atoms with Gasteiger partial charge in [0, 0.05) is 31.0 Å². The molecule has 0 bridgehead atoms. The molecule has 2 atom stereocenters. The minimum absolute atomic E-state index is 0.113. The molecule has 2 unspecified atom stereocenters. The van der Waals surface area contributed by atoms with E-state index >= 15 is 0 Å². The summed E-state index contributed by atoms with van der Waals surface area (Å²) in [6.07, 6.45) is 3.47. The van der Waals surface area contributed by atoms with Crippen LogP contribution in [-0.2, 0) is 4.74 Å². The van der Waals surface area contributed by atoms with Crippen molar-refractivity contribution in [2.75, 3.05) is 18.9 Å². The minimum atomic E-state index is -0.113. The summed E-state index contributed by atoms with van der Waals surface area (Å²) >= 11 is 5.88. The first-order chi connectivity index (χ1) is 7.66. The lowest BCUT2D eigenvalue weighted by atomic mass is 9.95. The zero-order chi connectivity index (χ0) is 11.5. The van der Waals surface area contributed by atoms with Gasteiger partial charge in [-0.1, -0.05) is 11.6 Å². The van der Waals surface area contributed by atoms with Crippen LogP contribution in [0.2, 0.25) is 5.02 Å². The van der Waals surface area contributed by atoms with Crippen molar-refractivity contribution in [3.8, 4) is 0 Å². The maximum atomic E-state index is 6.11. The molecule has 1 saturated heterocycles. The summed E-state index contributed by atoms with van der Waals surface area (Å²) in [5, 5.41) is 0.572. The molecule has 4 nitrogen and oxygen atoms in total. The number of hydrogen-bond acceptors (Lipinski definition) is 4. The quantitative estimate of drug-likeness (QED) is 0.846. The molecular formula is C11H16ClN3O. The van der Waals surface area contributed by atoms with Gasteiger partial charge < -0.3 is 16.2 Å². The summed E-state index contributed by atoms with van der Waals surface area (Å²) < 4.78 is 5.32. The van der Waals surface area contributed by atoms with Crippen LogP contribution >= 0.6 is 11.6 Å². The van der Waals surface area contributed by atoms with Gasteiger partial charge in [-0.15, -0.1) is 0 Å². The van der Waals surface area contributed by atoms with E-state index in [1.54, 1.807) is 6.07 Å². The van der Waals surface area contributed by atoms with Crippen molar-refractivity contribution in [3.05, 3.63) is 22.8 Å². The Morgan fingerprint density at radius 2 is 2.44 bits per heavy atom. The molecule has 4 N–H and O–H groups in total. The first-order valence-electron chi connectivity index (χ1n) is 5.41. The van der Waals surface area contributed by atoms with Crippen molar-refractivity contribution in [1.29, 1.82) is 0 Å². The molecule has 0 amide bonds. The molecule has 1 aromatic heterocycles. The molecule has 2 heterocycles. The number of ether oxygens (including phenoxy) is 1. The smallest absolute Gasteiger partial charge is 0.128 e. The Labute approximate surface area is 99.9 Å². The van der Waals surface area contributed by atoms with E-state index in [2.05, 4.69) is 4.98 Å². The lowest BCUT2D eigenvalue weighted by Crippen LogP contribution is -2.17. The zero-order valence-corrected chi connectivity index (χ0v) is 9.78. The Morgan fingerprint density at radius 3 is 3.12 bits per heavy atom. The highest BCUT2D eigenvalue weighted by Gasteiger charge is 2.21. The lowest BCUT2D eigenvalue weighted by Gasteiger charge is -2.17. The number of hydrogen-bond donors (Lipinski definition) is 2. The van der Waals surface area contributed by atoms with Gasteiger partial charge in [0.1, 0.15) is 5.82 Å². The van der Waals surface area contributed by atoms with E-state index in [1.165, 1.54) is 6.20 Å². The SMILES string of the molecule is Nc1ncc(Cl)cc1C(N)CC1CCOC1. The fourth-order valence-corrected chi connectivity index (χ4v) is 2.18. The predicted molar refractivity (Wildman–Crippen MR) is 64.1 cm³/mol. The van der Waals surface area contributed by atoms with E-state index < -0.39 is 0 Å². The second-order valence-corrected chi connectivity index (χ2v) is 4.64. The average Bonchev–Trinajstić information content (AvgIpc) is 2.74. The predicted octanol–water partition coefficient (Wildman–Crippen LogP) is 1.74. The van der Waals surface area contributed by atoms with Gasteiger partial charge in [0.25, 0.3) is 0 Å². The number of halogens is 1. The third-order valence-corrected chi connectivity index (χ3v) is 3.13. The minimum Gasteiger partial charge on any atom is -0.383 e. The van der Waals surface area contributed by atoms with Crippen molar-refractivity contribution < 1.29 is 4.74 Å². The van der Waals surface area contributed by atoms with Gasteiger partial charge in [-0.05, 0) is 24.8 Å². The lowest BCUT2D eigenvalue weighted by molar-refractivity contribution is 0.182. The van der Waals surface area contributed by atoms with Crippen molar-refractivity contribution >= 4 is 17.4 Å². The molecule has 2 rings (SSSR count). The van der Waals surface area contributed by atoms with Gasteiger partial charge in [0.2, 0.25) is 0 Å². The van der Waals surface area contributed by atoms with Crippen LogP contribution in [-0.4, -0.2) is 18.2 Å².